The molecule has 2 aromatic carbocycles. The molecule has 0 unspecified atom stereocenters. The Morgan fingerprint density at radius 1 is 1.03 bits per heavy atom. The number of rotatable bonds is 6. The van der Waals surface area contributed by atoms with E-state index in [1.54, 1.807) is 6.07 Å². The number of aliphatic hydroxyl groups is 1. The SMILES string of the molecule is CC(C)c1ccc2c(c1)[C@H](N1CCN(CCO)CC1)Cc1ccc(F)cc1[S@@]2=O.O=C(O)/C=C\C(=O)O. The van der Waals surface area contributed by atoms with Gasteiger partial charge in [0.05, 0.1) is 17.4 Å². The predicted molar refractivity (Wildman–Crippen MR) is 138 cm³/mol. The highest BCUT2D eigenvalue weighted by Crippen LogP contribution is 2.39. The molecule has 0 radical (unpaired) electrons. The Morgan fingerprint density at radius 3 is 2.24 bits per heavy atom. The lowest BCUT2D eigenvalue weighted by Crippen LogP contribution is -2.48. The van der Waals surface area contributed by atoms with Gasteiger partial charge in [0.2, 0.25) is 0 Å². The summed E-state index contributed by atoms with van der Waals surface area (Å²) in [5.41, 5.74) is 3.32. The van der Waals surface area contributed by atoms with Crippen molar-refractivity contribution < 1.29 is 33.5 Å². The molecule has 2 aliphatic rings. The number of fused-ring (bicyclic) bond motifs is 2. The Bertz CT molecular complexity index is 1160. The number of aliphatic carboxylic acids is 2. The van der Waals surface area contributed by atoms with E-state index in [0.717, 1.165) is 48.6 Å². The minimum Gasteiger partial charge on any atom is -0.478 e. The normalized spacial score (nSPS) is 20.0. The van der Waals surface area contributed by atoms with Gasteiger partial charge in [-0.3, -0.25) is 9.80 Å². The van der Waals surface area contributed by atoms with Crippen LogP contribution in [0.2, 0.25) is 0 Å². The zero-order chi connectivity index (χ0) is 27.1. The summed E-state index contributed by atoms with van der Waals surface area (Å²) in [5, 5.41) is 24.8. The number of carboxylic acid groups (broad SMARTS) is 2. The molecular weight excluding hydrogens is 499 g/mol. The zero-order valence-corrected chi connectivity index (χ0v) is 21.8. The van der Waals surface area contributed by atoms with Crippen LogP contribution in [0.1, 0.15) is 42.5 Å². The van der Waals surface area contributed by atoms with Gasteiger partial charge in [0.1, 0.15) is 5.82 Å². The molecule has 0 bridgehead atoms. The average Bonchev–Trinajstić information content (AvgIpc) is 2.98. The van der Waals surface area contributed by atoms with Crippen molar-refractivity contribution in [3.8, 4) is 0 Å². The lowest BCUT2D eigenvalue weighted by atomic mass is 9.93. The Labute approximate surface area is 218 Å². The van der Waals surface area contributed by atoms with Crippen molar-refractivity contribution in [2.75, 3.05) is 39.3 Å². The summed E-state index contributed by atoms with van der Waals surface area (Å²) < 4.78 is 27.4. The molecule has 4 rings (SSSR count). The van der Waals surface area contributed by atoms with E-state index in [2.05, 4.69) is 35.8 Å². The second-order valence-electron chi connectivity index (χ2n) is 9.30. The van der Waals surface area contributed by atoms with Gasteiger partial charge in [-0.05, 0) is 47.2 Å². The molecule has 2 heterocycles. The number of β-amino-alcohol motifs (C(OH)–C–C–N with tert-alkyl or cyclic N) is 1. The van der Waals surface area contributed by atoms with E-state index in [0.29, 0.717) is 29.5 Å². The minimum atomic E-state index is -1.38. The Hall–Kier alpha value is -2.92. The van der Waals surface area contributed by atoms with Crippen LogP contribution in [0.15, 0.2) is 58.3 Å². The molecule has 0 aliphatic carbocycles. The van der Waals surface area contributed by atoms with Crippen LogP contribution in [0.5, 0.6) is 0 Å². The summed E-state index contributed by atoms with van der Waals surface area (Å²) >= 11 is 0. The third-order valence-corrected chi connectivity index (χ3v) is 8.08. The number of piperazine rings is 1. The lowest BCUT2D eigenvalue weighted by molar-refractivity contribution is -0.134. The largest absolute Gasteiger partial charge is 0.478 e. The summed E-state index contributed by atoms with van der Waals surface area (Å²) in [6, 6.07) is 11.1. The number of hydrogen-bond donors (Lipinski definition) is 3. The van der Waals surface area contributed by atoms with Gasteiger partial charge in [0.15, 0.2) is 0 Å². The maximum absolute atomic E-state index is 13.9. The van der Waals surface area contributed by atoms with E-state index in [-0.39, 0.29) is 18.5 Å². The summed E-state index contributed by atoms with van der Waals surface area (Å²) in [4.78, 5) is 25.3. The minimum absolute atomic E-state index is 0.121. The summed E-state index contributed by atoms with van der Waals surface area (Å²) in [6.07, 6.45) is 1.85. The molecule has 0 aromatic heterocycles. The van der Waals surface area contributed by atoms with Crippen LogP contribution in [-0.4, -0.2) is 80.6 Å². The second kappa shape index (κ2) is 13.0. The van der Waals surface area contributed by atoms with Crippen LogP contribution < -0.4 is 0 Å². The fourth-order valence-corrected chi connectivity index (χ4v) is 6.02. The van der Waals surface area contributed by atoms with Gasteiger partial charge in [-0.1, -0.05) is 32.0 Å². The molecule has 1 saturated heterocycles. The first-order valence-corrected chi connectivity index (χ1v) is 13.3. The summed E-state index contributed by atoms with van der Waals surface area (Å²) in [7, 11) is -1.38. The van der Waals surface area contributed by atoms with Crippen LogP contribution in [0.3, 0.4) is 0 Å². The van der Waals surface area contributed by atoms with Crippen molar-refractivity contribution in [2.24, 2.45) is 0 Å². The molecule has 8 nitrogen and oxygen atoms in total. The number of benzene rings is 2. The molecule has 2 atom stereocenters. The van der Waals surface area contributed by atoms with Gasteiger partial charge in [-0.2, -0.15) is 0 Å². The maximum Gasteiger partial charge on any atom is 0.328 e. The van der Waals surface area contributed by atoms with E-state index < -0.39 is 22.7 Å². The van der Waals surface area contributed by atoms with Gasteiger partial charge in [0, 0.05) is 60.7 Å². The monoisotopic (exact) mass is 532 g/mol. The highest BCUT2D eigenvalue weighted by atomic mass is 32.2. The van der Waals surface area contributed by atoms with Crippen molar-refractivity contribution in [3.63, 3.8) is 0 Å². The molecule has 0 amide bonds. The third kappa shape index (κ3) is 7.54. The van der Waals surface area contributed by atoms with Gasteiger partial charge < -0.3 is 15.3 Å². The summed E-state index contributed by atoms with van der Waals surface area (Å²) in [5.74, 6) is -2.47. The van der Waals surface area contributed by atoms with Crippen molar-refractivity contribution in [1.82, 2.24) is 9.80 Å². The fraction of sp³-hybridized carbons (Fsp3) is 0.407. The van der Waals surface area contributed by atoms with Crippen LogP contribution in [0.25, 0.3) is 0 Å². The second-order valence-corrected chi connectivity index (χ2v) is 10.7. The fourth-order valence-electron chi connectivity index (χ4n) is 4.57. The van der Waals surface area contributed by atoms with Crippen LogP contribution >= 0.6 is 0 Å². The molecule has 200 valence electrons. The van der Waals surface area contributed by atoms with Crippen molar-refractivity contribution >= 4 is 22.7 Å². The van der Waals surface area contributed by atoms with E-state index >= 15 is 0 Å². The molecule has 0 saturated carbocycles. The molecule has 2 aliphatic heterocycles. The Kier molecular flexibility index (Phi) is 10.1. The van der Waals surface area contributed by atoms with Gasteiger partial charge in [-0.25, -0.2) is 18.2 Å². The van der Waals surface area contributed by atoms with Gasteiger partial charge >= 0.3 is 11.9 Å². The van der Waals surface area contributed by atoms with Gasteiger partial charge in [-0.15, -0.1) is 0 Å². The maximum atomic E-state index is 13.9. The topological polar surface area (TPSA) is 118 Å². The quantitative estimate of drug-likeness (QED) is 0.486. The number of aliphatic hydroxyl groups excluding tert-OH is 1. The smallest absolute Gasteiger partial charge is 0.328 e. The predicted octanol–water partition coefficient (Wildman–Crippen LogP) is 3.03. The first kappa shape index (κ1) is 28.6. The number of halogens is 1. The lowest BCUT2D eigenvalue weighted by Gasteiger charge is -2.39. The third-order valence-electron chi connectivity index (χ3n) is 6.53. The first-order chi connectivity index (χ1) is 17.6. The molecule has 37 heavy (non-hydrogen) atoms. The molecule has 2 aromatic rings. The average molecular weight is 533 g/mol. The Morgan fingerprint density at radius 2 is 1.68 bits per heavy atom. The standard InChI is InChI=1S/C23H29FN2O2S.C4H4O4/c1-16(2)17-4-6-22-20(13-17)21(26-9-7-25(8-10-26)11-12-27)14-18-3-5-19(24)15-23(18)29(22)28;5-3(6)1-2-4(7)8/h3-6,13,15-16,21,27H,7-12,14H2,1-2H3;1-2H,(H,5,6)(H,7,8)/b;2-1-/t21-,29-;/m1./s1. The Balaban J connectivity index is 0.000000414. The van der Waals surface area contributed by atoms with E-state index in [1.807, 2.05) is 6.07 Å². The van der Waals surface area contributed by atoms with Crippen molar-refractivity contribution in [3.05, 3.63) is 71.1 Å². The molecule has 3 N–H and O–H groups in total. The highest BCUT2D eigenvalue weighted by molar-refractivity contribution is 7.85. The molecule has 10 heteroatoms. The number of hydrogen-bond acceptors (Lipinski definition) is 6. The van der Waals surface area contributed by atoms with Crippen LogP contribution in [-0.2, 0) is 26.8 Å². The van der Waals surface area contributed by atoms with E-state index in [9.17, 15) is 23.3 Å². The number of carboxylic acids is 2. The van der Waals surface area contributed by atoms with Crippen molar-refractivity contribution in [1.29, 1.82) is 0 Å². The number of carbonyl (C=O) groups is 2. The molecular formula is C27H33FN2O6S. The summed E-state index contributed by atoms with van der Waals surface area (Å²) in [6.45, 7) is 8.86. The van der Waals surface area contributed by atoms with E-state index in [4.69, 9.17) is 10.2 Å². The first-order valence-electron chi connectivity index (χ1n) is 12.2. The molecule has 1 fully saturated rings. The van der Waals surface area contributed by atoms with Crippen LogP contribution in [0, 0.1) is 5.82 Å². The van der Waals surface area contributed by atoms with Gasteiger partial charge in [0.25, 0.3) is 0 Å². The van der Waals surface area contributed by atoms with Crippen LogP contribution in [0.4, 0.5) is 4.39 Å². The van der Waals surface area contributed by atoms with Crippen molar-refractivity contribution in [2.45, 2.75) is 42.0 Å². The van der Waals surface area contributed by atoms with E-state index in [1.165, 1.54) is 17.7 Å². The zero-order valence-electron chi connectivity index (χ0n) is 21.0. The highest BCUT2D eigenvalue weighted by Gasteiger charge is 2.32. The molecule has 0 spiro atoms. The number of nitrogens with zero attached hydrogens (tertiary/aromatic N) is 2.